The normalized spacial score (nSPS) is 10.7. The van der Waals surface area contributed by atoms with Gasteiger partial charge in [-0.1, -0.05) is 12.1 Å². The van der Waals surface area contributed by atoms with Crippen molar-refractivity contribution in [2.24, 2.45) is 0 Å². The lowest BCUT2D eigenvalue weighted by molar-refractivity contribution is 1.17. The zero-order valence-corrected chi connectivity index (χ0v) is 8.17. The maximum absolute atomic E-state index is 4.36. The summed E-state index contributed by atoms with van der Waals surface area (Å²) in [5, 5.41) is 0. The summed E-state index contributed by atoms with van der Waals surface area (Å²) in [4.78, 5) is 4.36. The molecule has 3 heterocycles. The van der Waals surface area contributed by atoms with Gasteiger partial charge in [0.25, 0.3) is 0 Å². The Bertz CT molecular complexity index is 582. The Morgan fingerprint density at radius 3 is 2.67 bits per heavy atom. The molecule has 0 spiro atoms. The Morgan fingerprint density at radius 2 is 1.80 bits per heavy atom. The van der Waals surface area contributed by atoms with Gasteiger partial charge in [0.2, 0.25) is 0 Å². The van der Waals surface area contributed by atoms with Crippen LogP contribution in [0.2, 0.25) is 0 Å². The summed E-state index contributed by atoms with van der Waals surface area (Å²) in [5.41, 5.74) is 3.32. The molecule has 0 unspecified atom stereocenters. The van der Waals surface area contributed by atoms with Gasteiger partial charge in [-0.3, -0.25) is 4.98 Å². The van der Waals surface area contributed by atoms with Crippen molar-refractivity contribution in [3.63, 3.8) is 0 Å². The van der Waals surface area contributed by atoms with Crippen LogP contribution in [0.15, 0.2) is 60.9 Å². The highest BCUT2D eigenvalue weighted by atomic mass is 14.9. The predicted molar refractivity (Wildman–Crippen MR) is 60.6 cm³/mol. The molecule has 3 rings (SSSR count). The van der Waals surface area contributed by atoms with Crippen molar-refractivity contribution in [1.82, 2.24) is 9.38 Å². The fourth-order valence-corrected chi connectivity index (χ4v) is 1.79. The summed E-state index contributed by atoms with van der Waals surface area (Å²) < 4.78 is 2.14. The minimum Gasteiger partial charge on any atom is -0.315 e. The quantitative estimate of drug-likeness (QED) is 0.582. The molecule has 0 radical (unpaired) electrons. The van der Waals surface area contributed by atoms with E-state index in [-0.39, 0.29) is 0 Å². The van der Waals surface area contributed by atoms with Crippen LogP contribution in [0.4, 0.5) is 0 Å². The van der Waals surface area contributed by atoms with E-state index in [2.05, 4.69) is 39.8 Å². The van der Waals surface area contributed by atoms with Crippen LogP contribution in [-0.4, -0.2) is 9.38 Å². The van der Waals surface area contributed by atoms with Crippen molar-refractivity contribution in [1.29, 1.82) is 0 Å². The topological polar surface area (TPSA) is 17.3 Å². The van der Waals surface area contributed by atoms with Crippen LogP contribution in [0, 0.1) is 0 Å². The van der Waals surface area contributed by atoms with Crippen LogP contribution in [0.3, 0.4) is 0 Å². The van der Waals surface area contributed by atoms with Crippen molar-refractivity contribution >= 4 is 5.52 Å². The molecule has 72 valence electrons. The van der Waals surface area contributed by atoms with E-state index in [0.717, 1.165) is 11.4 Å². The third kappa shape index (κ3) is 1.31. The first-order valence-corrected chi connectivity index (χ1v) is 4.93. The Balaban J connectivity index is 2.31. The van der Waals surface area contributed by atoms with E-state index in [0.29, 0.717) is 0 Å². The molecule has 0 amide bonds. The average Bonchev–Trinajstić information content (AvgIpc) is 2.78. The molecule has 0 saturated carbocycles. The summed E-state index contributed by atoms with van der Waals surface area (Å²) >= 11 is 0. The fraction of sp³-hybridized carbons (Fsp3) is 0. The SMILES string of the molecule is c1ccc(-c2cccc3cccn23)nc1. The van der Waals surface area contributed by atoms with Crippen molar-refractivity contribution < 1.29 is 0 Å². The number of rotatable bonds is 1. The molecule has 0 bridgehead atoms. The Hall–Kier alpha value is -2.09. The first-order chi connectivity index (χ1) is 7.45. The Morgan fingerprint density at radius 1 is 0.867 bits per heavy atom. The maximum Gasteiger partial charge on any atom is 0.0869 e. The second-order valence-electron chi connectivity index (χ2n) is 3.43. The van der Waals surface area contributed by atoms with Crippen LogP contribution in [0.5, 0.6) is 0 Å². The number of hydrogen-bond donors (Lipinski definition) is 0. The summed E-state index contributed by atoms with van der Waals surface area (Å²) in [6, 6.07) is 16.3. The van der Waals surface area contributed by atoms with Gasteiger partial charge in [-0.05, 0) is 36.4 Å². The summed E-state index contributed by atoms with van der Waals surface area (Å²) in [5.74, 6) is 0. The molecule has 0 fully saturated rings. The number of pyridine rings is 2. The lowest BCUT2D eigenvalue weighted by atomic mass is 10.2. The second kappa shape index (κ2) is 3.24. The van der Waals surface area contributed by atoms with Crippen molar-refractivity contribution in [3.05, 3.63) is 60.9 Å². The number of aromatic nitrogens is 2. The molecular formula is C13H10N2. The van der Waals surface area contributed by atoms with E-state index in [1.807, 2.05) is 30.5 Å². The monoisotopic (exact) mass is 194 g/mol. The van der Waals surface area contributed by atoms with Crippen LogP contribution in [-0.2, 0) is 0 Å². The molecule has 0 aromatic carbocycles. The molecule has 0 atom stereocenters. The van der Waals surface area contributed by atoms with Crippen LogP contribution in [0.25, 0.3) is 16.9 Å². The number of hydrogen-bond acceptors (Lipinski definition) is 1. The van der Waals surface area contributed by atoms with Gasteiger partial charge in [0, 0.05) is 17.9 Å². The minimum absolute atomic E-state index is 0.999. The molecule has 0 aliphatic carbocycles. The smallest absolute Gasteiger partial charge is 0.0869 e. The molecule has 0 aliphatic heterocycles. The molecule has 3 aromatic heterocycles. The van der Waals surface area contributed by atoms with Gasteiger partial charge in [0.05, 0.1) is 11.4 Å². The van der Waals surface area contributed by atoms with E-state index >= 15 is 0 Å². The zero-order chi connectivity index (χ0) is 10.1. The van der Waals surface area contributed by atoms with Gasteiger partial charge in [0.15, 0.2) is 0 Å². The molecule has 3 aromatic rings. The first kappa shape index (κ1) is 8.24. The van der Waals surface area contributed by atoms with E-state index in [4.69, 9.17) is 0 Å². The molecule has 2 heteroatoms. The first-order valence-electron chi connectivity index (χ1n) is 4.93. The van der Waals surface area contributed by atoms with E-state index < -0.39 is 0 Å². The number of fused-ring (bicyclic) bond motifs is 1. The summed E-state index contributed by atoms with van der Waals surface area (Å²) in [6.45, 7) is 0. The van der Waals surface area contributed by atoms with Gasteiger partial charge in [-0.2, -0.15) is 0 Å². The van der Waals surface area contributed by atoms with Crippen molar-refractivity contribution in [2.75, 3.05) is 0 Å². The van der Waals surface area contributed by atoms with Gasteiger partial charge in [0.1, 0.15) is 0 Å². The molecule has 2 nitrogen and oxygen atoms in total. The Kier molecular flexibility index (Phi) is 1.78. The maximum atomic E-state index is 4.36. The van der Waals surface area contributed by atoms with Gasteiger partial charge >= 0.3 is 0 Å². The van der Waals surface area contributed by atoms with Crippen LogP contribution in [0.1, 0.15) is 0 Å². The van der Waals surface area contributed by atoms with Crippen molar-refractivity contribution in [2.45, 2.75) is 0 Å². The highest BCUT2D eigenvalue weighted by Crippen LogP contribution is 2.18. The lowest BCUT2D eigenvalue weighted by Crippen LogP contribution is -1.91. The van der Waals surface area contributed by atoms with Crippen molar-refractivity contribution in [3.8, 4) is 11.4 Å². The summed E-state index contributed by atoms with van der Waals surface area (Å²) in [6.07, 6.45) is 3.87. The second-order valence-corrected chi connectivity index (χ2v) is 3.43. The van der Waals surface area contributed by atoms with E-state index in [9.17, 15) is 0 Å². The highest BCUT2D eigenvalue weighted by molar-refractivity contribution is 5.62. The average molecular weight is 194 g/mol. The van der Waals surface area contributed by atoms with Gasteiger partial charge in [-0.25, -0.2) is 0 Å². The minimum atomic E-state index is 0.999. The van der Waals surface area contributed by atoms with Gasteiger partial charge in [-0.15, -0.1) is 0 Å². The standard InChI is InChI=1S/C13H10N2/c1-2-9-14-12(7-1)13-8-3-5-11-6-4-10-15(11)13/h1-10H. The lowest BCUT2D eigenvalue weighted by Gasteiger charge is -2.04. The largest absolute Gasteiger partial charge is 0.315 e. The van der Waals surface area contributed by atoms with Crippen LogP contribution < -0.4 is 0 Å². The predicted octanol–water partition coefficient (Wildman–Crippen LogP) is 3.00. The summed E-state index contributed by atoms with van der Waals surface area (Å²) in [7, 11) is 0. The molecular weight excluding hydrogens is 184 g/mol. The van der Waals surface area contributed by atoms with Crippen LogP contribution >= 0.6 is 0 Å². The van der Waals surface area contributed by atoms with E-state index in [1.165, 1.54) is 5.52 Å². The zero-order valence-electron chi connectivity index (χ0n) is 8.17. The van der Waals surface area contributed by atoms with Gasteiger partial charge < -0.3 is 4.40 Å². The number of nitrogens with zero attached hydrogens (tertiary/aromatic N) is 2. The molecule has 0 saturated heterocycles. The Labute approximate surface area is 87.8 Å². The molecule has 15 heavy (non-hydrogen) atoms. The van der Waals surface area contributed by atoms with E-state index in [1.54, 1.807) is 0 Å². The third-order valence-electron chi connectivity index (χ3n) is 2.49. The highest BCUT2D eigenvalue weighted by Gasteiger charge is 2.01. The molecule has 0 N–H and O–H groups in total. The molecule has 0 aliphatic rings. The fourth-order valence-electron chi connectivity index (χ4n) is 1.79. The third-order valence-corrected chi connectivity index (χ3v) is 2.49.